The van der Waals surface area contributed by atoms with Gasteiger partial charge in [-0.2, -0.15) is 0 Å². The number of hydrogen-bond acceptors (Lipinski definition) is 1. The van der Waals surface area contributed by atoms with E-state index in [1.807, 2.05) is 0 Å². The summed E-state index contributed by atoms with van der Waals surface area (Å²) in [6.07, 6.45) is 0. The molecule has 0 saturated heterocycles. The summed E-state index contributed by atoms with van der Waals surface area (Å²) >= 11 is 5.96. The van der Waals surface area contributed by atoms with E-state index in [0.29, 0.717) is 0 Å². The van der Waals surface area contributed by atoms with Crippen LogP contribution in [0.5, 0.6) is 0 Å². The van der Waals surface area contributed by atoms with Crippen molar-refractivity contribution in [2.75, 3.05) is 0 Å². The van der Waals surface area contributed by atoms with E-state index >= 15 is 0 Å². The second-order valence-electron chi connectivity index (χ2n) is 1.75. The van der Waals surface area contributed by atoms with Gasteiger partial charge in [0.25, 0.3) is 0 Å². The third-order valence-corrected chi connectivity index (χ3v) is 2.35. The Morgan fingerprint density at radius 1 is 1.50 bits per heavy atom. The lowest BCUT2D eigenvalue weighted by Crippen LogP contribution is -2.17. The highest BCUT2D eigenvalue weighted by Crippen LogP contribution is 2.19. The molecule has 0 atom stereocenters. The van der Waals surface area contributed by atoms with Gasteiger partial charge in [0.15, 0.2) is 0 Å². The largest absolute Gasteiger partial charge is 0.285 e. The van der Waals surface area contributed by atoms with E-state index < -0.39 is 4.32 Å². The number of carbonyl (C=O) groups is 1. The van der Waals surface area contributed by atoms with E-state index in [4.69, 9.17) is 0 Å². The van der Waals surface area contributed by atoms with E-state index in [0.717, 1.165) is 0 Å². The molecule has 0 rings (SSSR count). The first-order chi connectivity index (χ1) is 2.94. The first-order valence-corrected chi connectivity index (χ1v) is 3.42. The molecule has 0 bridgehead atoms. The average molecular weight is 246 g/mol. The van der Waals surface area contributed by atoms with Crippen molar-refractivity contribution in [1.82, 2.24) is 0 Å². The minimum absolute atomic E-state index is 0. The van der Waals surface area contributed by atoms with E-state index in [1.54, 1.807) is 13.8 Å². The molecule has 0 saturated carbocycles. The van der Waals surface area contributed by atoms with E-state index in [9.17, 15) is 4.79 Å². The summed E-state index contributed by atoms with van der Waals surface area (Å²) < 4.78 is -0.437. The zero-order valence-electron chi connectivity index (χ0n) is 4.16. The predicted molar refractivity (Wildman–Crippen MR) is 43.7 cm³/mol. The Morgan fingerprint density at radius 2 is 1.62 bits per heavy atom. The SMILES string of the molecule is C.CC(C)(Br)C(=O)Br. The maximum Gasteiger partial charge on any atom is 0.213 e. The highest BCUT2D eigenvalue weighted by molar-refractivity contribution is 9.20. The number of carbonyl (C=O) groups excluding carboxylic acids is 1. The molecule has 0 N–H and O–H groups in total. The van der Waals surface area contributed by atoms with E-state index in [2.05, 4.69) is 31.9 Å². The second kappa shape index (κ2) is 3.62. The molecule has 0 aliphatic heterocycles. The Balaban J connectivity index is 0. The van der Waals surface area contributed by atoms with Crippen LogP contribution >= 0.6 is 31.9 Å². The fraction of sp³-hybridized carbons (Fsp3) is 0.800. The molecule has 0 heterocycles. The summed E-state index contributed by atoms with van der Waals surface area (Å²) in [6.45, 7) is 3.56. The van der Waals surface area contributed by atoms with Crippen LogP contribution in [0.3, 0.4) is 0 Å². The van der Waals surface area contributed by atoms with Gasteiger partial charge in [-0.3, -0.25) is 4.79 Å². The van der Waals surface area contributed by atoms with Crippen molar-refractivity contribution < 1.29 is 4.79 Å². The average Bonchev–Trinajstić information content (AvgIpc) is 1.31. The van der Waals surface area contributed by atoms with Gasteiger partial charge in [0, 0.05) is 0 Å². The maximum absolute atomic E-state index is 10.3. The number of rotatable bonds is 1. The van der Waals surface area contributed by atoms with Gasteiger partial charge >= 0.3 is 0 Å². The molecule has 0 aliphatic carbocycles. The van der Waals surface area contributed by atoms with Crippen LogP contribution in [0.4, 0.5) is 0 Å². The normalized spacial score (nSPS) is 10.0. The first-order valence-electron chi connectivity index (χ1n) is 1.83. The number of halogens is 2. The summed E-state index contributed by atoms with van der Waals surface area (Å²) in [5, 5.41) is 0. The van der Waals surface area contributed by atoms with Crippen molar-refractivity contribution in [3.8, 4) is 0 Å². The van der Waals surface area contributed by atoms with Crippen molar-refractivity contribution >= 4 is 36.6 Å². The third-order valence-electron chi connectivity index (χ3n) is 0.467. The minimum atomic E-state index is -0.410. The quantitative estimate of drug-likeness (QED) is 0.513. The van der Waals surface area contributed by atoms with Crippen LogP contribution in [0.2, 0.25) is 0 Å². The summed E-state index contributed by atoms with van der Waals surface area (Å²) in [7, 11) is 0. The van der Waals surface area contributed by atoms with Crippen molar-refractivity contribution in [2.24, 2.45) is 0 Å². The molecule has 0 aromatic carbocycles. The molecule has 8 heavy (non-hydrogen) atoms. The van der Waals surface area contributed by atoms with Gasteiger partial charge in [0.1, 0.15) is 0 Å². The smallest absolute Gasteiger partial charge is 0.213 e. The number of hydrogen-bond donors (Lipinski definition) is 0. The van der Waals surface area contributed by atoms with Crippen LogP contribution in [-0.4, -0.2) is 9.02 Å². The minimum Gasteiger partial charge on any atom is -0.285 e. The molecule has 0 spiro atoms. The van der Waals surface area contributed by atoms with Crippen LogP contribution in [-0.2, 0) is 4.79 Å². The standard InChI is InChI=1S/C4H6Br2O.CH4/c1-4(2,6)3(5)7;/h1-2H3;1H4. The Bertz CT molecular complexity index is 82.9. The van der Waals surface area contributed by atoms with Gasteiger partial charge < -0.3 is 0 Å². The molecule has 3 heteroatoms. The van der Waals surface area contributed by atoms with Crippen molar-refractivity contribution in [1.29, 1.82) is 0 Å². The van der Waals surface area contributed by atoms with Crippen molar-refractivity contribution in [3.63, 3.8) is 0 Å². The lowest BCUT2D eigenvalue weighted by Gasteiger charge is -2.06. The highest BCUT2D eigenvalue weighted by Gasteiger charge is 2.19. The molecule has 0 amide bonds. The van der Waals surface area contributed by atoms with Crippen LogP contribution in [0, 0.1) is 0 Å². The Kier molecular flexibility index (Phi) is 5.17. The maximum atomic E-state index is 10.3. The van der Waals surface area contributed by atoms with Crippen LogP contribution in [0.1, 0.15) is 21.3 Å². The van der Waals surface area contributed by atoms with Crippen LogP contribution in [0.15, 0.2) is 0 Å². The third kappa shape index (κ3) is 4.78. The molecule has 0 radical (unpaired) electrons. The summed E-state index contributed by atoms with van der Waals surface area (Å²) in [6, 6.07) is 0. The Labute approximate surface area is 67.1 Å². The van der Waals surface area contributed by atoms with Gasteiger partial charge in [-0.1, -0.05) is 23.4 Å². The first kappa shape index (κ1) is 11.4. The molecular formula is C5H10Br2O. The fourth-order valence-electron chi connectivity index (χ4n) is 0. The van der Waals surface area contributed by atoms with Crippen molar-refractivity contribution in [2.45, 2.75) is 25.6 Å². The number of alkyl halides is 1. The van der Waals surface area contributed by atoms with Gasteiger partial charge in [-0.25, -0.2) is 0 Å². The molecular weight excluding hydrogens is 236 g/mol. The van der Waals surface area contributed by atoms with Gasteiger partial charge in [0.05, 0.1) is 4.32 Å². The van der Waals surface area contributed by atoms with Gasteiger partial charge in [-0.05, 0) is 29.8 Å². The van der Waals surface area contributed by atoms with Crippen LogP contribution in [0.25, 0.3) is 0 Å². The molecule has 1 nitrogen and oxygen atoms in total. The van der Waals surface area contributed by atoms with E-state index in [1.165, 1.54) is 0 Å². The molecule has 0 fully saturated rings. The molecule has 0 aliphatic rings. The molecule has 0 unspecified atom stereocenters. The topological polar surface area (TPSA) is 17.1 Å². The highest BCUT2D eigenvalue weighted by atomic mass is 79.9. The summed E-state index contributed by atoms with van der Waals surface area (Å²) in [5.41, 5.74) is 0. The molecule has 0 aromatic heterocycles. The lowest BCUT2D eigenvalue weighted by molar-refractivity contribution is -0.111. The summed E-state index contributed by atoms with van der Waals surface area (Å²) in [4.78, 5) is 10.3. The lowest BCUT2D eigenvalue weighted by atomic mass is 10.3. The van der Waals surface area contributed by atoms with Crippen LogP contribution < -0.4 is 0 Å². The summed E-state index contributed by atoms with van der Waals surface area (Å²) in [5.74, 6) is 0. The fourth-order valence-corrected chi connectivity index (χ4v) is 0. The second-order valence-corrected chi connectivity index (χ2v) is 4.45. The Morgan fingerprint density at radius 3 is 1.62 bits per heavy atom. The zero-order valence-corrected chi connectivity index (χ0v) is 7.34. The van der Waals surface area contributed by atoms with E-state index in [-0.39, 0.29) is 12.1 Å². The monoisotopic (exact) mass is 244 g/mol. The molecule has 0 aromatic rings. The molecule has 50 valence electrons. The van der Waals surface area contributed by atoms with Gasteiger partial charge in [0.2, 0.25) is 4.69 Å². The predicted octanol–water partition coefficient (Wildman–Crippen LogP) is 2.72. The zero-order chi connectivity index (χ0) is 6.08. The van der Waals surface area contributed by atoms with Gasteiger partial charge in [-0.15, -0.1) is 0 Å². The Hall–Kier alpha value is 0.630. The van der Waals surface area contributed by atoms with Crippen molar-refractivity contribution in [3.05, 3.63) is 0 Å².